The van der Waals surface area contributed by atoms with E-state index in [0.29, 0.717) is 0 Å². The summed E-state index contributed by atoms with van der Waals surface area (Å²) in [6, 6.07) is 0. The average molecular weight is 553 g/mol. The van der Waals surface area contributed by atoms with E-state index in [1.807, 2.05) is 0 Å². The van der Waals surface area contributed by atoms with Crippen LogP contribution >= 0.6 is 11.6 Å². The van der Waals surface area contributed by atoms with Gasteiger partial charge in [0.05, 0.1) is 19.2 Å². The van der Waals surface area contributed by atoms with E-state index in [1.54, 1.807) is 0 Å². The summed E-state index contributed by atoms with van der Waals surface area (Å²) < 4.78 is 84.9. The highest BCUT2D eigenvalue weighted by atomic mass is 35.5. The maximum atomic E-state index is 13.3. The van der Waals surface area contributed by atoms with E-state index in [0.717, 1.165) is 10.9 Å². The Morgan fingerprint density at radius 1 is 1.06 bits per heavy atom. The first-order valence-corrected chi connectivity index (χ1v) is 11.8. The molecular weight excluding hydrogens is 533 g/mol. The van der Waals surface area contributed by atoms with E-state index in [1.165, 1.54) is 40.6 Å². The van der Waals surface area contributed by atoms with Crippen LogP contribution in [0, 0.1) is 0 Å². The van der Waals surface area contributed by atoms with Crippen LogP contribution in [0.3, 0.4) is 0 Å². The van der Waals surface area contributed by atoms with Crippen LogP contribution in [-0.2, 0) is 21.2 Å². The Morgan fingerprint density at radius 2 is 1.64 bits per heavy atom. The lowest BCUT2D eigenvalue weighted by Crippen LogP contribution is -2.33. The molecule has 0 aliphatic heterocycles. The van der Waals surface area contributed by atoms with E-state index in [9.17, 15) is 21.6 Å². The molecule has 0 amide bonds. The summed E-state index contributed by atoms with van der Waals surface area (Å²) in [5.74, 6) is -1.70. The van der Waals surface area contributed by atoms with E-state index in [-0.39, 0.29) is 28.3 Å². The summed E-state index contributed by atoms with van der Waals surface area (Å²) >= 11 is 5.78. The quantitative estimate of drug-likeness (QED) is 0.393. The molecule has 13 nitrogen and oxygen atoms in total. The third-order valence-corrected chi connectivity index (χ3v) is 6.64. The van der Waals surface area contributed by atoms with Crippen LogP contribution in [0.2, 0.25) is 5.02 Å². The predicted octanol–water partition coefficient (Wildman–Crippen LogP) is 2.14. The molecule has 36 heavy (non-hydrogen) atoms. The van der Waals surface area contributed by atoms with Gasteiger partial charge in [-0.05, 0) is 6.92 Å². The fourth-order valence-corrected chi connectivity index (χ4v) is 4.34. The Labute approximate surface area is 208 Å². The van der Waals surface area contributed by atoms with Gasteiger partial charge in [-0.25, -0.2) is 18.4 Å². The maximum Gasteiger partial charge on any atom is 0.396 e. The van der Waals surface area contributed by atoms with Crippen molar-refractivity contribution in [3.05, 3.63) is 35.4 Å². The van der Waals surface area contributed by atoms with Crippen molar-refractivity contribution in [2.75, 3.05) is 26.1 Å². The molecule has 18 heteroatoms. The Hall–Kier alpha value is -3.31. The van der Waals surface area contributed by atoms with Crippen molar-refractivity contribution >= 4 is 27.6 Å². The lowest BCUT2D eigenvalue weighted by atomic mass is 10.2. The first kappa shape index (κ1) is 27.3. The van der Waals surface area contributed by atoms with Gasteiger partial charge < -0.3 is 14.2 Å². The van der Waals surface area contributed by atoms with Crippen LogP contribution in [-0.4, -0.2) is 75.9 Å². The van der Waals surface area contributed by atoms with Crippen molar-refractivity contribution in [2.24, 2.45) is 0 Å². The zero-order valence-corrected chi connectivity index (χ0v) is 20.8. The first-order chi connectivity index (χ1) is 16.9. The van der Waals surface area contributed by atoms with Crippen LogP contribution in [0.1, 0.15) is 24.7 Å². The standard InChI is InChI=1S/C18H20ClF3N8O5S/c1-9(13(33-2)14-23-6-10(19)7-24-14)36(31,32)29-17-28-27-11(5-18(20,21)22)30(17)12-15(34-3)25-8-26-16(12)35-4/h6-9,13H,5H2,1-4H3,(H,28,29). The second-order valence-electron chi connectivity index (χ2n) is 7.08. The zero-order chi connectivity index (χ0) is 26.7. The summed E-state index contributed by atoms with van der Waals surface area (Å²) in [4.78, 5) is 15.7. The normalized spacial score (nSPS) is 13.8. The number of aromatic nitrogens is 7. The van der Waals surface area contributed by atoms with Gasteiger partial charge in [0.15, 0.2) is 11.5 Å². The minimum atomic E-state index is -4.71. The lowest BCUT2D eigenvalue weighted by molar-refractivity contribution is -0.128. The molecule has 0 spiro atoms. The highest BCUT2D eigenvalue weighted by molar-refractivity contribution is 7.93. The molecule has 2 unspecified atom stereocenters. The van der Waals surface area contributed by atoms with Gasteiger partial charge in [0.25, 0.3) is 0 Å². The second kappa shape index (κ2) is 10.8. The summed E-state index contributed by atoms with van der Waals surface area (Å²) in [6.45, 7) is 1.29. The van der Waals surface area contributed by atoms with Crippen molar-refractivity contribution in [3.63, 3.8) is 0 Å². The summed E-state index contributed by atoms with van der Waals surface area (Å²) in [5.41, 5.74) is -0.249. The fraction of sp³-hybridized carbons (Fsp3) is 0.444. The number of anilines is 1. The molecule has 0 radical (unpaired) electrons. The van der Waals surface area contributed by atoms with Gasteiger partial charge in [0.2, 0.25) is 27.7 Å². The van der Waals surface area contributed by atoms with Crippen LogP contribution < -0.4 is 14.2 Å². The van der Waals surface area contributed by atoms with Gasteiger partial charge in [-0.1, -0.05) is 11.6 Å². The largest absolute Gasteiger partial charge is 0.479 e. The molecule has 3 aromatic heterocycles. The SMILES string of the molecule is COc1ncnc(OC)c1-n1c(CC(F)(F)F)nnc1NS(=O)(=O)C(C)C(OC)c1ncc(Cl)cn1. The molecule has 0 saturated carbocycles. The number of nitrogens with zero attached hydrogens (tertiary/aromatic N) is 7. The molecule has 0 fully saturated rings. The number of ether oxygens (including phenoxy) is 3. The number of alkyl halides is 3. The third kappa shape index (κ3) is 5.90. The average Bonchev–Trinajstić information content (AvgIpc) is 3.18. The number of hydrogen-bond acceptors (Lipinski definition) is 11. The van der Waals surface area contributed by atoms with Gasteiger partial charge in [-0.3, -0.25) is 9.29 Å². The number of rotatable bonds is 10. The molecule has 2 atom stereocenters. The lowest BCUT2D eigenvalue weighted by Gasteiger charge is -2.22. The topological polar surface area (TPSA) is 156 Å². The molecule has 0 aliphatic rings. The second-order valence-corrected chi connectivity index (χ2v) is 9.55. The van der Waals surface area contributed by atoms with Crippen molar-refractivity contribution in [1.29, 1.82) is 0 Å². The monoisotopic (exact) mass is 552 g/mol. The third-order valence-electron chi connectivity index (χ3n) is 4.75. The van der Waals surface area contributed by atoms with Gasteiger partial charge in [-0.2, -0.15) is 23.1 Å². The molecule has 3 rings (SSSR count). The van der Waals surface area contributed by atoms with Crippen LogP contribution in [0.25, 0.3) is 5.69 Å². The van der Waals surface area contributed by atoms with Gasteiger partial charge in [0.1, 0.15) is 29.9 Å². The van der Waals surface area contributed by atoms with Gasteiger partial charge >= 0.3 is 6.18 Å². The number of sulfonamides is 1. The Balaban J connectivity index is 2.10. The van der Waals surface area contributed by atoms with E-state index in [4.69, 9.17) is 25.8 Å². The van der Waals surface area contributed by atoms with Crippen molar-refractivity contribution in [1.82, 2.24) is 34.7 Å². The Morgan fingerprint density at radius 3 is 2.14 bits per heavy atom. The minimum absolute atomic E-state index is 0.0128. The highest BCUT2D eigenvalue weighted by Crippen LogP contribution is 2.34. The van der Waals surface area contributed by atoms with Gasteiger partial charge in [-0.15, -0.1) is 10.2 Å². The predicted molar refractivity (Wildman–Crippen MR) is 119 cm³/mol. The molecule has 3 heterocycles. The van der Waals surface area contributed by atoms with Crippen LogP contribution in [0.5, 0.6) is 11.8 Å². The molecular formula is C18H20ClF3N8O5S. The molecule has 0 bridgehead atoms. The number of hydrogen-bond donors (Lipinski definition) is 1. The summed E-state index contributed by atoms with van der Waals surface area (Å²) in [7, 11) is -0.735. The number of halogens is 4. The van der Waals surface area contributed by atoms with Crippen molar-refractivity contribution < 1.29 is 35.8 Å². The van der Waals surface area contributed by atoms with Gasteiger partial charge in [0, 0.05) is 19.5 Å². The number of nitrogens with one attached hydrogen (secondary N) is 1. The molecule has 0 saturated heterocycles. The summed E-state index contributed by atoms with van der Waals surface area (Å²) in [5, 5.41) is 6.04. The van der Waals surface area contributed by atoms with E-state index >= 15 is 0 Å². The first-order valence-electron chi connectivity index (χ1n) is 9.88. The maximum absolute atomic E-state index is 13.3. The summed E-state index contributed by atoms with van der Waals surface area (Å²) in [6.07, 6.45) is -3.87. The fourth-order valence-electron chi connectivity index (χ4n) is 3.11. The molecule has 1 N–H and O–H groups in total. The highest BCUT2D eigenvalue weighted by Gasteiger charge is 2.37. The van der Waals surface area contributed by atoms with Crippen LogP contribution in [0.4, 0.5) is 19.1 Å². The molecule has 196 valence electrons. The van der Waals surface area contributed by atoms with Crippen LogP contribution in [0.15, 0.2) is 18.7 Å². The molecule has 0 aromatic carbocycles. The zero-order valence-electron chi connectivity index (χ0n) is 19.2. The molecule has 0 aliphatic carbocycles. The number of methoxy groups -OCH3 is 3. The Bertz CT molecular complexity index is 1280. The van der Waals surface area contributed by atoms with Crippen molar-refractivity contribution in [2.45, 2.75) is 30.9 Å². The smallest absolute Gasteiger partial charge is 0.396 e. The molecule has 3 aromatic rings. The Kier molecular flexibility index (Phi) is 8.15. The minimum Gasteiger partial charge on any atom is -0.479 e. The van der Waals surface area contributed by atoms with Crippen molar-refractivity contribution in [3.8, 4) is 17.4 Å². The van der Waals surface area contributed by atoms with E-state index in [2.05, 4.69) is 34.9 Å². The van der Waals surface area contributed by atoms with E-state index < -0.39 is 45.7 Å².